The van der Waals surface area contributed by atoms with Crippen LogP contribution in [0.1, 0.15) is 52.6 Å². The summed E-state index contributed by atoms with van der Waals surface area (Å²) in [4.78, 5) is 40.6. The number of methoxy groups -OCH3 is 1. The molecule has 2 aliphatic rings. The Labute approximate surface area is 204 Å². The van der Waals surface area contributed by atoms with Gasteiger partial charge >= 0.3 is 0 Å². The number of benzene rings is 3. The molecule has 1 heterocycles. The number of nitrogens with zero attached hydrogens (tertiary/aromatic N) is 1. The van der Waals surface area contributed by atoms with Gasteiger partial charge in [-0.25, -0.2) is 0 Å². The Morgan fingerprint density at radius 1 is 0.886 bits per heavy atom. The number of nitrogens with two attached hydrogens (primary N) is 1. The van der Waals surface area contributed by atoms with E-state index in [1.165, 1.54) is 0 Å². The highest BCUT2D eigenvalue weighted by atomic mass is 16.5. The largest absolute Gasteiger partial charge is 0.496 e. The van der Waals surface area contributed by atoms with Gasteiger partial charge in [0.1, 0.15) is 5.75 Å². The highest BCUT2D eigenvalue weighted by Gasteiger charge is 2.43. The zero-order valence-electron chi connectivity index (χ0n) is 19.4. The fourth-order valence-corrected chi connectivity index (χ4v) is 5.29. The fraction of sp³-hybridized carbons (Fsp3) is 0.207. The predicted molar refractivity (Wildman–Crippen MR) is 133 cm³/mol. The molecule has 35 heavy (non-hydrogen) atoms. The minimum Gasteiger partial charge on any atom is -0.496 e. The van der Waals surface area contributed by atoms with Gasteiger partial charge in [0.25, 0.3) is 0 Å². The van der Waals surface area contributed by atoms with Gasteiger partial charge in [0, 0.05) is 46.8 Å². The average Bonchev–Trinajstić information content (AvgIpc) is 2.88. The summed E-state index contributed by atoms with van der Waals surface area (Å²) in [6.07, 6.45) is 1.09. The molecule has 0 radical (unpaired) electrons. The second-order valence-corrected chi connectivity index (χ2v) is 8.94. The first-order valence-corrected chi connectivity index (χ1v) is 11.6. The molecule has 0 saturated heterocycles. The highest BCUT2D eigenvalue weighted by molar-refractivity contribution is 6.08. The highest BCUT2D eigenvalue weighted by Crippen LogP contribution is 2.48. The standard InChI is InChI=1S/C29H26N2O4/c1-35-26-10-6-5-9-22(26)23-17-27(33)31(21-13-11-19(12-14-21)29(30)34)24-15-20(16-25(32)28(23)24)18-7-3-2-4-8-18/h2-14,20,23H,15-17H2,1H3,(H2,30,34). The van der Waals surface area contributed by atoms with E-state index in [9.17, 15) is 14.4 Å². The van der Waals surface area contributed by atoms with Gasteiger partial charge in [0.05, 0.1) is 7.11 Å². The number of para-hydroxylation sites is 1. The zero-order valence-corrected chi connectivity index (χ0v) is 19.4. The van der Waals surface area contributed by atoms with Crippen molar-refractivity contribution in [3.8, 4) is 5.75 Å². The number of hydrogen-bond acceptors (Lipinski definition) is 4. The van der Waals surface area contributed by atoms with Crippen LogP contribution in [0.2, 0.25) is 0 Å². The normalized spacial score (nSPS) is 20.0. The summed E-state index contributed by atoms with van der Waals surface area (Å²) in [5.41, 5.74) is 9.68. The molecular weight excluding hydrogens is 440 g/mol. The fourth-order valence-electron chi connectivity index (χ4n) is 5.29. The summed E-state index contributed by atoms with van der Waals surface area (Å²) < 4.78 is 5.58. The van der Waals surface area contributed by atoms with Gasteiger partial charge in [-0.3, -0.25) is 19.3 Å². The molecule has 176 valence electrons. The molecule has 3 aromatic carbocycles. The van der Waals surface area contributed by atoms with Crippen molar-refractivity contribution in [1.82, 2.24) is 0 Å². The van der Waals surface area contributed by atoms with Gasteiger partial charge in [-0.15, -0.1) is 0 Å². The summed E-state index contributed by atoms with van der Waals surface area (Å²) in [5.74, 6) is -0.336. The third-order valence-corrected chi connectivity index (χ3v) is 6.92. The SMILES string of the molecule is COc1ccccc1C1CC(=O)N(c2ccc(C(N)=O)cc2)C2=C1C(=O)CC(c1ccccc1)C2. The number of allylic oxidation sites excluding steroid dienone is 2. The van der Waals surface area contributed by atoms with Crippen molar-refractivity contribution in [3.63, 3.8) is 0 Å². The van der Waals surface area contributed by atoms with Crippen molar-refractivity contribution in [2.24, 2.45) is 5.73 Å². The zero-order chi connectivity index (χ0) is 24.5. The van der Waals surface area contributed by atoms with E-state index < -0.39 is 5.91 Å². The van der Waals surface area contributed by atoms with Crippen LogP contribution in [0.3, 0.4) is 0 Å². The monoisotopic (exact) mass is 466 g/mol. The molecule has 0 saturated carbocycles. The molecule has 0 aromatic heterocycles. The first kappa shape index (κ1) is 22.6. The lowest BCUT2D eigenvalue weighted by Gasteiger charge is -2.40. The van der Waals surface area contributed by atoms with Crippen molar-refractivity contribution >= 4 is 23.3 Å². The van der Waals surface area contributed by atoms with Crippen molar-refractivity contribution in [3.05, 3.63) is 107 Å². The molecule has 5 rings (SSSR count). The number of primary amides is 1. The van der Waals surface area contributed by atoms with Crippen LogP contribution in [0, 0.1) is 0 Å². The predicted octanol–water partition coefficient (Wildman–Crippen LogP) is 4.72. The summed E-state index contributed by atoms with van der Waals surface area (Å²) in [5, 5.41) is 0. The van der Waals surface area contributed by atoms with E-state index >= 15 is 0 Å². The average molecular weight is 467 g/mol. The molecule has 2 atom stereocenters. The van der Waals surface area contributed by atoms with Gasteiger partial charge in [-0.1, -0.05) is 48.5 Å². The van der Waals surface area contributed by atoms with Crippen molar-refractivity contribution in [1.29, 1.82) is 0 Å². The molecule has 3 aromatic rings. The van der Waals surface area contributed by atoms with Gasteiger partial charge in [0.2, 0.25) is 11.8 Å². The smallest absolute Gasteiger partial charge is 0.248 e. The number of ketones is 1. The van der Waals surface area contributed by atoms with E-state index in [4.69, 9.17) is 10.5 Å². The summed E-state index contributed by atoms with van der Waals surface area (Å²) in [7, 11) is 1.60. The molecule has 2 amide bonds. The Bertz CT molecular complexity index is 1330. The maximum Gasteiger partial charge on any atom is 0.248 e. The van der Waals surface area contributed by atoms with Gasteiger partial charge in [0.15, 0.2) is 5.78 Å². The van der Waals surface area contributed by atoms with E-state index in [-0.39, 0.29) is 29.9 Å². The maximum absolute atomic E-state index is 13.7. The lowest BCUT2D eigenvalue weighted by Crippen LogP contribution is -2.41. The second kappa shape index (κ2) is 9.22. The molecule has 6 heteroatoms. The molecule has 1 aliphatic heterocycles. The summed E-state index contributed by atoms with van der Waals surface area (Å²) in [6, 6.07) is 24.1. The first-order valence-electron chi connectivity index (χ1n) is 11.6. The number of carbonyl (C=O) groups excluding carboxylic acids is 3. The Hall–Kier alpha value is -4.19. The number of amides is 2. The van der Waals surface area contributed by atoms with Crippen LogP contribution in [-0.4, -0.2) is 24.7 Å². The quantitative estimate of drug-likeness (QED) is 0.589. The number of rotatable bonds is 5. The van der Waals surface area contributed by atoms with E-state index in [1.54, 1.807) is 36.3 Å². The number of ether oxygens (including phenoxy) is 1. The van der Waals surface area contributed by atoms with Crippen LogP contribution in [0.5, 0.6) is 5.75 Å². The van der Waals surface area contributed by atoms with Crippen molar-refractivity contribution < 1.29 is 19.1 Å². The number of hydrogen-bond donors (Lipinski definition) is 1. The Balaban J connectivity index is 1.66. The van der Waals surface area contributed by atoms with Crippen LogP contribution in [0.4, 0.5) is 5.69 Å². The van der Waals surface area contributed by atoms with E-state index in [0.29, 0.717) is 41.1 Å². The van der Waals surface area contributed by atoms with Crippen LogP contribution < -0.4 is 15.4 Å². The van der Waals surface area contributed by atoms with Crippen LogP contribution in [0.25, 0.3) is 0 Å². The lowest BCUT2D eigenvalue weighted by atomic mass is 9.72. The molecule has 6 nitrogen and oxygen atoms in total. The van der Waals surface area contributed by atoms with E-state index in [2.05, 4.69) is 0 Å². The molecule has 2 N–H and O–H groups in total. The van der Waals surface area contributed by atoms with Crippen molar-refractivity contribution in [2.75, 3.05) is 12.0 Å². The van der Waals surface area contributed by atoms with Gasteiger partial charge < -0.3 is 10.5 Å². The Morgan fingerprint density at radius 2 is 1.57 bits per heavy atom. The van der Waals surface area contributed by atoms with Gasteiger partial charge in [-0.2, -0.15) is 0 Å². The van der Waals surface area contributed by atoms with Crippen LogP contribution in [-0.2, 0) is 9.59 Å². The number of Topliss-reactive ketones (excluding diaryl/α,β-unsaturated/α-hetero) is 1. The van der Waals surface area contributed by atoms with Crippen LogP contribution in [0.15, 0.2) is 90.1 Å². The van der Waals surface area contributed by atoms with Crippen molar-refractivity contribution in [2.45, 2.75) is 31.1 Å². The molecule has 0 fully saturated rings. The lowest BCUT2D eigenvalue weighted by molar-refractivity contribution is -0.120. The maximum atomic E-state index is 13.7. The third-order valence-electron chi connectivity index (χ3n) is 6.92. The minimum atomic E-state index is -0.533. The summed E-state index contributed by atoms with van der Waals surface area (Å²) >= 11 is 0. The first-order chi connectivity index (χ1) is 17.0. The second-order valence-electron chi connectivity index (χ2n) is 8.94. The van der Waals surface area contributed by atoms with E-state index in [0.717, 1.165) is 11.1 Å². The molecular formula is C29H26N2O4. The Kier molecular flexibility index (Phi) is 5.95. The molecule has 2 unspecified atom stereocenters. The Morgan fingerprint density at radius 3 is 2.26 bits per heavy atom. The third kappa shape index (κ3) is 4.12. The number of carbonyl (C=O) groups is 3. The molecule has 0 bridgehead atoms. The summed E-state index contributed by atoms with van der Waals surface area (Å²) in [6.45, 7) is 0. The topological polar surface area (TPSA) is 89.7 Å². The molecule has 0 spiro atoms. The minimum absolute atomic E-state index is 0.0286. The van der Waals surface area contributed by atoms with Gasteiger partial charge in [-0.05, 0) is 48.2 Å². The number of anilines is 1. The molecule has 1 aliphatic carbocycles. The van der Waals surface area contributed by atoms with E-state index in [1.807, 2.05) is 54.6 Å². The van der Waals surface area contributed by atoms with Crippen LogP contribution >= 0.6 is 0 Å².